The molecule has 0 aromatic rings. The van der Waals surface area contributed by atoms with Gasteiger partial charge in [-0.25, -0.2) is 0 Å². The van der Waals surface area contributed by atoms with Gasteiger partial charge >= 0.3 is 12.9 Å². The number of unbranched alkanes of at least 4 members (excludes halogenated alkanes) is 11. The first-order chi connectivity index (χ1) is 17.2. The van der Waals surface area contributed by atoms with E-state index in [4.69, 9.17) is 33.2 Å². The molecule has 0 aromatic carbocycles. The molecule has 2 rings (SSSR count). The van der Waals surface area contributed by atoms with E-state index in [2.05, 4.69) is 19.1 Å². The van der Waals surface area contributed by atoms with E-state index in [0.29, 0.717) is 26.2 Å². The third kappa shape index (κ3) is 13.8. The standard InChI is InChI=1S/C26H48BO8/c1-2-3-4-5-6-7-8-9-10-11-12-13-14-15-16-17-26(29)31-19-18-30-21-25-23-33-27(35-25)32-22-24(20-28)34-27/h9-10,24-25,28H,2-8,11-23H2,1H3/q-1. The molecular weight excluding hydrogens is 451 g/mol. The second-order valence-electron chi connectivity index (χ2n) is 9.57. The molecule has 8 nitrogen and oxygen atoms in total. The molecule has 3 atom stereocenters. The third-order valence-corrected chi connectivity index (χ3v) is 6.33. The number of ether oxygens (including phenoxy) is 2. The van der Waals surface area contributed by atoms with E-state index in [-0.39, 0.29) is 31.9 Å². The summed E-state index contributed by atoms with van der Waals surface area (Å²) in [6.45, 7) is 1.28. The molecule has 0 aromatic heterocycles. The van der Waals surface area contributed by atoms with E-state index in [9.17, 15) is 4.79 Å². The van der Waals surface area contributed by atoms with Gasteiger partial charge in [0.05, 0.1) is 32.0 Å². The van der Waals surface area contributed by atoms with Crippen LogP contribution in [0, 0.1) is 0 Å². The SMILES string of the molecule is CCCCCCCCC=CCCCCCCCC(=O)OCCOCC1CO[B-]2(OCC(CO)O2)O1. The lowest BCUT2D eigenvalue weighted by Crippen LogP contribution is -2.41. The Bertz CT molecular complexity index is 576. The Hall–Kier alpha value is -0.965. The molecule has 1 N–H and O–H groups in total. The fraction of sp³-hybridized carbons (Fsp3) is 0.885. The number of carbonyl (C=O) groups excluding carboxylic acids is 1. The summed E-state index contributed by atoms with van der Waals surface area (Å²) in [5.41, 5.74) is 0. The average molecular weight is 499 g/mol. The maximum Gasteiger partial charge on any atom is 0.532 e. The van der Waals surface area contributed by atoms with E-state index in [0.717, 1.165) is 12.8 Å². The maximum atomic E-state index is 11.8. The van der Waals surface area contributed by atoms with Crippen LogP contribution in [-0.2, 0) is 32.9 Å². The number of hydrogen-bond donors (Lipinski definition) is 1. The summed E-state index contributed by atoms with van der Waals surface area (Å²) >= 11 is 0. The van der Waals surface area contributed by atoms with Crippen molar-refractivity contribution in [1.29, 1.82) is 0 Å². The quantitative estimate of drug-likeness (QED) is 0.104. The van der Waals surface area contributed by atoms with Crippen LogP contribution in [0.5, 0.6) is 0 Å². The summed E-state index contributed by atoms with van der Waals surface area (Å²) in [6, 6.07) is 0. The molecule has 0 amide bonds. The molecule has 3 unspecified atom stereocenters. The first kappa shape index (κ1) is 30.3. The summed E-state index contributed by atoms with van der Waals surface area (Å²) in [5, 5.41) is 9.11. The van der Waals surface area contributed by atoms with Gasteiger partial charge in [0.25, 0.3) is 0 Å². The van der Waals surface area contributed by atoms with Crippen LogP contribution in [0.1, 0.15) is 96.8 Å². The van der Waals surface area contributed by atoms with Crippen LogP contribution < -0.4 is 0 Å². The van der Waals surface area contributed by atoms with Gasteiger partial charge in [-0.1, -0.05) is 70.4 Å². The smallest absolute Gasteiger partial charge is 0.517 e. The molecule has 2 fully saturated rings. The summed E-state index contributed by atoms with van der Waals surface area (Å²) in [5.74, 6) is -0.170. The minimum absolute atomic E-state index is 0.139. The molecule has 2 saturated heterocycles. The molecule has 0 bridgehead atoms. The van der Waals surface area contributed by atoms with Gasteiger partial charge in [-0.05, 0) is 32.1 Å². The lowest BCUT2D eigenvalue weighted by atomic mass is 10.1. The zero-order valence-corrected chi connectivity index (χ0v) is 21.8. The molecule has 2 aliphatic rings. The fourth-order valence-electron chi connectivity index (χ4n) is 4.26. The van der Waals surface area contributed by atoms with Gasteiger partial charge < -0.3 is 33.2 Å². The first-order valence-corrected chi connectivity index (χ1v) is 13.9. The van der Waals surface area contributed by atoms with Crippen molar-refractivity contribution < 1.29 is 38.0 Å². The van der Waals surface area contributed by atoms with Crippen molar-refractivity contribution in [2.24, 2.45) is 0 Å². The van der Waals surface area contributed by atoms with Crippen LogP contribution in [0.25, 0.3) is 0 Å². The van der Waals surface area contributed by atoms with Crippen LogP contribution in [0.15, 0.2) is 12.2 Å². The Kier molecular flexibility index (Phi) is 16.6. The van der Waals surface area contributed by atoms with Crippen LogP contribution in [0.2, 0.25) is 0 Å². The minimum Gasteiger partial charge on any atom is -0.517 e. The molecule has 9 heteroatoms. The van der Waals surface area contributed by atoms with Crippen molar-refractivity contribution in [2.45, 2.75) is 109 Å². The zero-order valence-electron chi connectivity index (χ0n) is 21.8. The number of rotatable bonds is 21. The van der Waals surface area contributed by atoms with Gasteiger partial charge in [-0.2, -0.15) is 0 Å². The summed E-state index contributed by atoms with van der Waals surface area (Å²) in [4.78, 5) is 11.8. The van der Waals surface area contributed by atoms with Gasteiger partial charge in [0.1, 0.15) is 6.61 Å². The topological polar surface area (TPSA) is 92.7 Å². The lowest BCUT2D eigenvalue weighted by molar-refractivity contribution is -0.145. The van der Waals surface area contributed by atoms with Gasteiger partial charge in [0, 0.05) is 19.6 Å². The predicted molar refractivity (Wildman–Crippen MR) is 136 cm³/mol. The van der Waals surface area contributed by atoms with E-state index >= 15 is 0 Å². The Morgan fingerprint density at radius 3 is 2.11 bits per heavy atom. The van der Waals surface area contributed by atoms with Crippen molar-refractivity contribution >= 4 is 12.9 Å². The average Bonchev–Trinajstić information content (AvgIpc) is 3.47. The van der Waals surface area contributed by atoms with E-state index in [1.165, 1.54) is 70.6 Å². The highest BCUT2D eigenvalue weighted by molar-refractivity contribution is 6.54. The van der Waals surface area contributed by atoms with Gasteiger partial charge in [0.15, 0.2) is 0 Å². The van der Waals surface area contributed by atoms with Gasteiger partial charge in [-0.3, -0.25) is 4.79 Å². The van der Waals surface area contributed by atoms with Crippen molar-refractivity contribution in [2.75, 3.05) is 39.6 Å². The van der Waals surface area contributed by atoms with Crippen molar-refractivity contribution in [3.05, 3.63) is 12.2 Å². The number of allylic oxidation sites excluding steroid dienone is 2. The highest BCUT2D eigenvalue weighted by Gasteiger charge is 2.46. The zero-order chi connectivity index (χ0) is 25.0. The monoisotopic (exact) mass is 499 g/mol. The molecule has 2 aliphatic heterocycles. The van der Waals surface area contributed by atoms with Gasteiger partial charge in [0.2, 0.25) is 0 Å². The Labute approximate surface area is 212 Å². The van der Waals surface area contributed by atoms with Crippen LogP contribution in [0.3, 0.4) is 0 Å². The van der Waals surface area contributed by atoms with Crippen LogP contribution in [0.4, 0.5) is 0 Å². The highest BCUT2D eigenvalue weighted by atomic mass is 16.9. The third-order valence-electron chi connectivity index (χ3n) is 6.33. The maximum absolute atomic E-state index is 11.8. The predicted octanol–water partition coefficient (Wildman–Crippen LogP) is 4.84. The number of esters is 1. The number of carbonyl (C=O) groups is 1. The molecule has 2 heterocycles. The molecular formula is C26H48BO8-. The highest BCUT2D eigenvalue weighted by Crippen LogP contribution is 2.28. The Morgan fingerprint density at radius 2 is 1.46 bits per heavy atom. The number of aliphatic hydroxyl groups is 1. The first-order valence-electron chi connectivity index (χ1n) is 13.9. The number of hydrogen-bond acceptors (Lipinski definition) is 8. The van der Waals surface area contributed by atoms with Crippen LogP contribution in [-0.4, -0.2) is 69.9 Å². The molecule has 0 radical (unpaired) electrons. The second-order valence-corrected chi connectivity index (χ2v) is 9.57. The molecule has 1 spiro atoms. The van der Waals surface area contributed by atoms with Crippen LogP contribution >= 0.6 is 0 Å². The summed E-state index contributed by atoms with van der Waals surface area (Å²) in [7, 11) is 0. The van der Waals surface area contributed by atoms with Gasteiger partial charge in [-0.15, -0.1) is 0 Å². The van der Waals surface area contributed by atoms with E-state index < -0.39 is 13.1 Å². The Morgan fingerprint density at radius 1 is 0.857 bits per heavy atom. The lowest BCUT2D eigenvalue weighted by Gasteiger charge is -2.28. The molecule has 35 heavy (non-hydrogen) atoms. The van der Waals surface area contributed by atoms with Crippen molar-refractivity contribution in [3.63, 3.8) is 0 Å². The largest absolute Gasteiger partial charge is 0.532 e. The van der Waals surface area contributed by atoms with Crippen molar-refractivity contribution in [3.8, 4) is 0 Å². The molecule has 204 valence electrons. The second kappa shape index (κ2) is 19.2. The summed E-state index contributed by atoms with van der Waals surface area (Å²) in [6.07, 6.45) is 20.5. The molecule has 0 aliphatic carbocycles. The Balaban J connectivity index is 1.31. The minimum atomic E-state index is -2.22. The van der Waals surface area contributed by atoms with Crippen molar-refractivity contribution in [1.82, 2.24) is 0 Å². The fourth-order valence-corrected chi connectivity index (χ4v) is 4.26. The number of aliphatic hydroxyl groups excluding tert-OH is 1. The van der Waals surface area contributed by atoms with E-state index in [1.54, 1.807) is 0 Å². The normalized spacial score (nSPS) is 24.2. The summed E-state index contributed by atoms with van der Waals surface area (Å²) < 4.78 is 32.8. The molecule has 0 saturated carbocycles. The van der Waals surface area contributed by atoms with E-state index in [1.807, 2.05) is 0 Å².